The topological polar surface area (TPSA) is 111 Å². The van der Waals surface area contributed by atoms with E-state index in [2.05, 4.69) is 37.8 Å². The maximum Gasteiger partial charge on any atom is 0.251 e. The van der Waals surface area contributed by atoms with Crippen molar-refractivity contribution in [1.82, 2.24) is 20.4 Å². The average molecular weight is 526 g/mol. The van der Waals surface area contributed by atoms with Gasteiger partial charge in [0.05, 0.1) is 31.4 Å². The first-order valence-corrected chi connectivity index (χ1v) is 14.0. The number of aliphatic imine (C=N–C) groups is 2. The molecule has 1 aromatic rings. The zero-order valence-electron chi connectivity index (χ0n) is 23.2. The van der Waals surface area contributed by atoms with Gasteiger partial charge in [0.25, 0.3) is 5.91 Å². The number of amidine groups is 1. The molecule has 2 heterocycles. The van der Waals surface area contributed by atoms with Gasteiger partial charge in [0, 0.05) is 17.6 Å². The van der Waals surface area contributed by atoms with Gasteiger partial charge in [0.2, 0.25) is 5.96 Å². The van der Waals surface area contributed by atoms with Gasteiger partial charge in [0.1, 0.15) is 17.9 Å². The lowest BCUT2D eigenvalue weighted by Gasteiger charge is -2.39. The molecule has 2 aliphatic heterocycles. The first kappa shape index (κ1) is 28.0. The summed E-state index contributed by atoms with van der Waals surface area (Å²) < 4.78 is 5.63. The van der Waals surface area contributed by atoms with Gasteiger partial charge in [-0.25, -0.2) is 4.99 Å². The summed E-state index contributed by atoms with van der Waals surface area (Å²) in [6.07, 6.45) is 8.14. The monoisotopic (exact) mass is 525 g/mol. The number of likely N-dealkylation sites (N-methyl/N-ethyl adjacent to an activating group) is 1. The van der Waals surface area contributed by atoms with Crippen molar-refractivity contribution in [1.29, 1.82) is 0 Å². The second-order valence-electron chi connectivity index (χ2n) is 10.5. The standard InChI is InChI=1S/C28H43N7O3/c1-5-21(18-36)35(22-8-6-7-9-22)26-24(29-2)17-30-28(33-26)32-23-11-10-19(16-25(23)38-4)27(37)31-20-12-14-34(3)15-13-20/h10-11,16,18,20-22,24,29H,5-9,12-15,17H2,1-4H3,(H,30,32)(H,31,37). The molecule has 1 amide bonds. The second-order valence-corrected chi connectivity index (χ2v) is 10.5. The van der Waals surface area contributed by atoms with Gasteiger partial charge in [-0.05, 0) is 77.5 Å². The minimum absolute atomic E-state index is 0.0670. The third kappa shape index (κ3) is 6.53. The van der Waals surface area contributed by atoms with Crippen LogP contribution in [0.25, 0.3) is 0 Å². The summed E-state index contributed by atoms with van der Waals surface area (Å²) in [5.74, 6) is 1.77. The minimum Gasteiger partial charge on any atom is -0.495 e. The maximum atomic E-state index is 12.9. The largest absolute Gasteiger partial charge is 0.495 e. The molecule has 2 atom stereocenters. The summed E-state index contributed by atoms with van der Waals surface area (Å²) in [4.78, 5) is 39.1. The molecule has 208 valence electrons. The highest BCUT2D eigenvalue weighted by atomic mass is 16.5. The van der Waals surface area contributed by atoms with Crippen LogP contribution in [-0.2, 0) is 4.79 Å². The Hall–Kier alpha value is -2.98. The molecule has 38 heavy (non-hydrogen) atoms. The van der Waals surface area contributed by atoms with E-state index in [0.29, 0.717) is 35.5 Å². The number of benzene rings is 1. The van der Waals surface area contributed by atoms with Gasteiger partial charge < -0.3 is 35.3 Å². The van der Waals surface area contributed by atoms with E-state index in [4.69, 9.17) is 9.73 Å². The van der Waals surface area contributed by atoms with Crippen LogP contribution in [0.1, 0.15) is 62.2 Å². The Morgan fingerprint density at radius 3 is 2.61 bits per heavy atom. The van der Waals surface area contributed by atoms with Crippen molar-refractivity contribution < 1.29 is 14.3 Å². The van der Waals surface area contributed by atoms with Gasteiger partial charge in [-0.3, -0.25) is 4.79 Å². The zero-order valence-corrected chi connectivity index (χ0v) is 23.2. The summed E-state index contributed by atoms with van der Waals surface area (Å²) in [5, 5.41) is 9.79. The number of methoxy groups -OCH3 is 1. The molecule has 1 saturated carbocycles. The number of amides is 1. The molecule has 0 radical (unpaired) electrons. The SMILES string of the molecule is CCC(C=O)N(C1=NC(Nc2ccc(C(=O)NC3CCN(C)CC3)cc2OC)=NCC1NC)C1CCCC1. The summed E-state index contributed by atoms with van der Waals surface area (Å²) in [6, 6.07) is 5.58. The Bertz CT molecular complexity index is 1030. The molecule has 1 aromatic carbocycles. The van der Waals surface area contributed by atoms with Crippen LogP contribution >= 0.6 is 0 Å². The Kier molecular flexibility index (Phi) is 9.74. The number of ether oxygens (including phenoxy) is 1. The number of anilines is 1. The van der Waals surface area contributed by atoms with E-state index in [1.807, 2.05) is 20.0 Å². The number of nitrogens with zero attached hydrogens (tertiary/aromatic N) is 4. The van der Waals surface area contributed by atoms with Crippen molar-refractivity contribution in [2.45, 2.75) is 76.0 Å². The first-order valence-electron chi connectivity index (χ1n) is 14.0. The lowest BCUT2D eigenvalue weighted by molar-refractivity contribution is -0.111. The van der Waals surface area contributed by atoms with Gasteiger partial charge in [-0.1, -0.05) is 19.8 Å². The summed E-state index contributed by atoms with van der Waals surface area (Å²) in [7, 11) is 5.60. The fraction of sp³-hybridized carbons (Fsp3) is 0.643. The molecule has 0 bridgehead atoms. The predicted octanol–water partition coefficient (Wildman–Crippen LogP) is 2.51. The molecule has 1 saturated heterocycles. The number of piperidine rings is 1. The summed E-state index contributed by atoms with van der Waals surface area (Å²) in [5.41, 5.74) is 1.24. The number of hydrogen-bond acceptors (Lipinski definition) is 9. The molecule has 3 aliphatic rings. The highest BCUT2D eigenvalue weighted by molar-refractivity contribution is 6.07. The Labute approximate surface area is 226 Å². The predicted molar refractivity (Wildman–Crippen MR) is 151 cm³/mol. The van der Waals surface area contributed by atoms with E-state index in [1.165, 1.54) is 12.8 Å². The van der Waals surface area contributed by atoms with Crippen LogP contribution in [0.4, 0.5) is 5.69 Å². The second kappa shape index (κ2) is 13.2. The quantitative estimate of drug-likeness (QED) is 0.425. The van der Waals surface area contributed by atoms with Crippen molar-refractivity contribution in [2.75, 3.05) is 46.2 Å². The number of carbonyl (C=O) groups is 2. The van der Waals surface area contributed by atoms with E-state index < -0.39 is 0 Å². The van der Waals surface area contributed by atoms with Gasteiger partial charge in [-0.15, -0.1) is 0 Å². The molecular weight excluding hydrogens is 482 g/mol. The fourth-order valence-electron chi connectivity index (χ4n) is 5.65. The van der Waals surface area contributed by atoms with E-state index >= 15 is 0 Å². The van der Waals surface area contributed by atoms with Crippen molar-refractivity contribution >= 4 is 29.7 Å². The maximum absolute atomic E-state index is 12.9. The molecule has 2 unspecified atom stereocenters. The first-order chi connectivity index (χ1) is 18.5. The van der Waals surface area contributed by atoms with Crippen molar-refractivity contribution in [2.24, 2.45) is 9.98 Å². The highest BCUT2D eigenvalue weighted by Gasteiger charge is 2.35. The summed E-state index contributed by atoms with van der Waals surface area (Å²) in [6.45, 7) is 4.53. The van der Waals surface area contributed by atoms with Crippen LogP contribution in [0.15, 0.2) is 28.2 Å². The molecule has 1 aliphatic carbocycles. The molecule has 10 nitrogen and oxygen atoms in total. The molecular formula is C28H43N7O3. The van der Waals surface area contributed by atoms with Crippen LogP contribution in [-0.4, -0.2) is 98.8 Å². The molecule has 3 N–H and O–H groups in total. The van der Waals surface area contributed by atoms with Crippen LogP contribution in [0.3, 0.4) is 0 Å². The third-order valence-electron chi connectivity index (χ3n) is 7.98. The summed E-state index contributed by atoms with van der Waals surface area (Å²) >= 11 is 0. The molecule has 2 fully saturated rings. The molecule has 4 rings (SSSR count). The Morgan fingerprint density at radius 2 is 1.97 bits per heavy atom. The number of aldehydes is 1. The van der Waals surface area contributed by atoms with E-state index in [-0.39, 0.29) is 24.0 Å². The Balaban J connectivity index is 1.52. The van der Waals surface area contributed by atoms with E-state index in [1.54, 1.807) is 19.2 Å². The van der Waals surface area contributed by atoms with Crippen LogP contribution < -0.4 is 20.7 Å². The number of carbonyl (C=O) groups excluding carboxylic acids is 2. The number of hydrogen-bond donors (Lipinski definition) is 3. The van der Waals surface area contributed by atoms with Crippen LogP contribution in [0.2, 0.25) is 0 Å². The third-order valence-corrected chi connectivity index (χ3v) is 7.98. The van der Waals surface area contributed by atoms with E-state index in [0.717, 1.165) is 57.3 Å². The lowest BCUT2D eigenvalue weighted by Crippen LogP contribution is -2.56. The van der Waals surface area contributed by atoms with Gasteiger partial charge >= 0.3 is 0 Å². The van der Waals surface area contributed by atoms with E-state index in [9.17, 15) is 9.59 Å². The molecule has 10 heteroatoms. The van der Waals surface area contributed by atoms with Crippen molar-refractivity contribution in [3.8, 4) is 5.75 Å². The number of rotatable bonds is 9. The molecule has 0 aromatic heterocycles. The smallest absolute Gasteiger partial charge is 0.251 e. The van der Waals surface area contributed by atoms with Crippen LogP contribution in [0.5, 0.6) is 5.75 Å². The van der Waals surface area contributed by atoms with Gasteiger partial charge in [0.15, 0.2) is 0 Å². The highest BCUT2D eigenvalue weighted by Crippen LogP contribution is 2.29. The van der Waals surface area contributed by atoms with Gasteiger partial charge in [-0.2, -0.15) is 4.99 Å². The fourth-order valence-corrected chi connectivity index (χ4v) is 5.65. The van der Waals surface area contributed by atoms with Crippen LogP contribution in [0, 0.1) is 0 Å². The zero-order chi connectivity index (χ0) is 27.1. The minimum atomic E-state index is -0.219. The van der Waals surface area contributed by atoms with Crippen molar-refractivity contribution in [3.05, 3.63) is 23.8 Å². The number of nitrogens with one attached hydrogen (secondary N) is 3. The number of likely N-dealkylation sites (tertiary alicyclic amines) is 1. The Morgan fingerprint density at radius 1 is 1.24 bits per heavy atom. The number of guanidine groups is 1. The average Bonchev–Trinajstić information content (AvgIpc) is 3.47. The van der Waals surface area contributed by atoms with Crippen molar-refractivity contribution in [3.63, 3.8) is 0 Å². The molecule has 0 spiro atoms. The normalized spacial score (nSPS) is 21.8. The lowest BCUT2D eigenvalue weighted by atomic mass is 10.0.